The molecule has 0 aromatic heterocycles. The van der Waals surface area contributed by atoms with Crippen molar-refractivity contribution in [2.45, 2.75) is 192 Å². The number of aliphatic carboxylic acids is 1. The van der Waals surface area contributed by atoms with Crippen molar-refractivity contribution in [2.24, 2.45) is 10.8 Å². The van der Waals surface area contributed by atoms with Gasteiger partial charge in [-0.2, -0.15) is 0 Å². The largest absolute Gasteiger partial charge is 0.481 e. The molecule has 2 nitrogen and oxygen atoms in total. The highest BCUT2D eigenvalue weighted by Crippen LogP contribution is 2.41. The first-order valence-corrected chi connectivity index (χ1v) is 23.6. The van der Waals surface area contributed by atoms with Crippen molar-refractivity contribution in [3.63, 3.8) is 0 Å². The molecule has 0 spiro atoms. The Morgan fingerprint density at radius 2 is 0.950 bits per heavy atom. The van der Waals surface area contributed by atoms with Gasteiger partial charge in [-0.25, -0.2) is 0 Å². The Morgan fingerprint density at radius 3 is 1.38 bits per heavy atom. The number of hydrogen-bond donors (Lipinski definition) is 1. The van der Waals surface area contributed by atoms with E-state index in [1.165, 1.54) is 117 Å². The van der Waals surface area contributed by atoms with Gasteiger partial charge < -0.3 is 5.11 Å². The van der Waals surface area contributed by atoms with Gasteiger partial charge in [-0.15, -0.1) is 0 Å². The molecule has 0 saturated carbocycles. The minimum absolute atomic E-state index is 0.291. The number of carboxylic acid groups (broad SMARTS) is 1. The first kappa shape index (κ1) is 54.1. The van der Waals surface area contributed by atoms with Crippen LogP contribution in [0, 0.1) is 10.8 Å². The summed E-state index contributed by atoms with van der Waals surface area (Å²) < 4.78 is 0. The summed E-state index contributed by atoms with van der Waals surface area (Å²) in [5.74, 6) is -0.671. The maximum atomic E-state index is 10.3. The molecule has 0 aliphatic heterocycles. The zero-order chi connectivity index (χ0) is 44.7. The molecule has 1 N–H and O–H groups in total. The lowest BCUT2D eigenvalue weighted by Gasteiger charge is -2.33. The Kier molecular flexibility index (Phi) is 28.8. The summed E-state index contributed by atoms with van der Waals surface area (Å²) in [5, 5.41) is 8.50. The first-order chi connectivity index (χ1) is 28.6. The molecular weight excluding hydrogens is 729 g/mol. The van der Waals surface area contributed by atoms with E-state index in [9.17, 15) is 4.79 Å². The molecule has 332 valence electrons. The Bertz CT molecular complexity index is 1580. The van der Waals surface area contributed by atoms with Gasteiger partial charge in [0, 0.05) is 6.42 Å². The van der Waals surface area contributed by atoms with E-state index in [2.05, 4.69) is 186 Å². The molecule has 0 aromatic carbocycles. The highest BCUT2D eigenvalue weighted by molar-refractivity contribution is 5.66. The molecule has 0 fully saturated rings. The Labute approximate surface area is 371 Å². The van der Waals surface area contributed by atoms with Crippen LogP contribution in [0.25, 0.3) is 0 Å². The number of allylic oxidation sites excluding steroid dienone is 26. The predicted octanol–water partition coefficient (Wildman–Crippen LogP) is 18.5. The van der Waals surface area contributed by atoms with Gasteiger partial charge in [-0.1, -0.05) is 210 Å². The van der Waals surface area contributed by atoms with Crippen molar-refractivity contribution in [3.8, 4) is 0 Å². The normalized spacial score (nSPS) is 18.5. The highest BCUT2D eigenvalue weighted by Gasteiger charge is 2.27. The van der Waals surface area contributed by atoms with E-state index in [0.29, 0.717) is 17.3 Å². The molecule has 0 heterocycles. The molecule has 0 saturated heterocycles. The minimum atomic E-state index is -0.671. The highest BCUT2D eigenvalue weighted by atomic mass is 16.4. The van der Waals surface area contributed by atoms with Gasteiger partial charge in [0.05, 0.1) is 0 Å². The molecule has 60 heavy (non-hydrogen) atoms. The molecule has 2 heteroatoms. The lowest BCUT2D eigenvalue weighted by molar-refractivity contribution is -0.137. The third-order valence-corrected chi connectivity index (χ3v) is 11.7. The zero-order valence-electron chi connectivity index (χ0n) is 40.5. The number of carbonyl (C=O) groups is 1. The Balaban J connectivity index is 0.000000757. The number of carboxylic acids is 1. The quantitative estimate of drug-likeness (QED) is 0.0599. The van der Waals surface area contributed by atoms with Gasteiger partial charge in [-0.05, 0) is 141 Å². The van der Waals surface area contributed by atoms with Crippen LogP contribution >= 0.6 is 0 Å². The van der Waals surface area contributed by atoms with Gasteiger partial charge in [0.2, 0.25) is 0 Å². The maximum absolute atomic E-state index is 10.3. The van der Waals surface area contributed by atoms with Gasteiger partial charge in [0.25, 0.3) is 0 Å². The fraction of sp³-hybridized carbons (Fsp3) is 0.534. The van der Waals surface area contributed by atoms with E-state index < -0.39 is 5.97 Å². The molecule has 0 unspecified atom stereocenters. The predicted molar refractivity (Wildman–Crippen MR) is 268 cm³/mol. The molecular formula is C58H88O2. The SMILES string of the molecule is CC1=C(/C=C/C(C)=C/C=C/C(C)=C/C=C/C=C(C)/C=C/C=C(C)/C=C/C2=C(C)CCCC2(C)C)C(C)(C)CCC1.CCCCC/C=C\C/C=C\CCCCCCCC(=O)O. The van der Waals surface area contributed by atoms with Gasteiger partial charge in [-0.3, -0.25) is 4.79 Å². The van der Waals surface area contributed by atoms with Gasteiger partial charge in [0.15, 0.2) is 0 Å². The van der Waals surface area contributed by atoms with E-state index in [1.807, 2.05) is 0 Å². The van der Waals surface area contributed by atoms with E-state index in [4.69, 9.17) is 5.11 Å². The Morgan fingerprint density at radius 1 is 0.550 bits per heavy atom. The first-order valence-electron chi connectivity index (χ1n) is 23.6. The molecule has 0 radical (unpaired) electrons. The molecule has 2 rings (SSSR count). The maximum Gasteiger partial charge on any atom is 0.303 e. The van der Waals surface area contributed by atoms with Crippen LogP contribution in [0.1, 0.15) is 192 Å². The number of rotatable bonds is 24. The molecule has 2 aliphatic rings. The smallest absolute Gasteiger partial charge is 0.303 e. The van der Waals surface area contributed by atoms with Crippen LogP contribution in [0.4, 0.5) is 0 Å². The van der Waals surface area contributed by atoms with Gasteiger partial charge >= 0.3 is 5.97 Å². The van der Waals surface area contributed by atoms with Gasteiger partial charge in [0.1, 0.15) is 0 Å². The zero-order valence-corrected chi connectivity index (χ0v) is 40.5. The van der Waals surface area contributed by atoms with Crippen molar-refractivity contribution >= 4 is 5.97 Å². The lowest BCUT2D eigenvalue weighted by Crippen LogP contribution is -2.19. The summed E-state index contributed by atoms with van der Waals surface area (Å²) in [7, 11) is 0. The van der Waals surface area contributed by atoms with E-state index in [0.717, 1.165) is 25.7 Å². The summed E-state index contributed by atoms with van der Waals surface area (Å²) in [4.78, 5) is 10.3. The van der Waals surface area contributed by atoms with Crippen LogP contribution in [-0.2, 0) is 4.79 Å². The second-order valence-electron chi connectivity index (χ2n) is 18.6. The average molecular weight is 817 g/mol. The van der Waals surface area contributed by atoms with Crippen LogP contribution < -0.4 is 0 Å². The number of unbranched alkanes of at least 4 members (excludes halogenated alkanes) is 8. The van der Waals surface area contributed by atoms with Crippen molar-refractivity contribution in [3.05, 3.63) is 154 Å². The molecule has 0 atom stereocenters. The molecule has 0 aromatic rings. The van der Waals surface area contributed by atoms with Crippen LogP contribution in [0.3, 0.4) is 0 Å². The molecule has 0 bridgehead atoms. The third kappa shape index (κ3) is 26.3. The minimum Gasteiger partial charge on any atom is -0.481 e. The van der Waals surface area contributed by atoms with Crippen LogP contribution in [0.5, 0.6) is 0 Å². The summed E-state index contributed by atoms with van der Waals surface area (Å²) in [6.45, 7) is 24.9. The van der Waals surface area contributed by atoms with Crippen molar-refractivity contribution < 1.29 is 9.90 Å². The Hall–Kier alpha value is -3.91. The lowest BCUT2D eigenvalue weighted by atomic mass is 9.72. The van der Waals surface area contributed by atoms with E-state index in [-0.39, 0.29) is 0 Å². The van der Waals surface area contributed by atoms with Crippen molar-refractivity contribution in [1.29, 1.82) is 0 Å². The summed E-state index contributed by atoms with van der Waals surface area (Å²) >= 11 is 0. The van der Waals surface area contributed by atoms with Crippen molar-refractivity contribution in [2.75, 3.05) is 0 Å². The third-order valence-electron chi connectivity index (χ3n) is 11.7. The van der Waals surface area contributed by atoms with Crippen LogP contribution in [-0.4, -0.2) is 11.1 Å². The molecule has 0 amide bonds. The second kappa shape index (κ2) is 31.9. The van der Waals surface area contributed by atoms with E-state index in [1.54, 1.807) is 11.1 Å². The van der Waals surface area contributed by atoms with Crippen LogP contribution in [0.15, 0.2) is 154 Å². The topological polar surface area (TPSA) is 37.3 Å². The summed E-state index contributed by atoms with van der Waals surface area (Å²) in [6.07, 6.45) is 60.7. The summed E-state index contributed by atoms with van der Waals surface area (Å²) in [5.41, 5.74) is 11.7. The fourth-order valence-corrected chi connectivity index (χ4v) is 7.88. The standard InChI is InChI=1S/C40H56.C18H32O2/c1-31(19-13-21-33(3)25-27-37-35(5)23-15-29-39(37,7)8)17-11-12-18-32(2)20-14-22-34(4)26-28-38-36(6)24-16-30-40(38,9)10;1-2-3-4-5-6-7-8-9-10-11-12-13-14-15-16-17-18(19)20/h11-14,17-22,25-28H,15-16,23-24,29-30H2,1-10H3;6-7,9-10H,2-5,8,11-17H2,1H3,(H,19,20)/b12-11+,19-13+,20-14+,27-25+,28-26+,31-17+,32-18+,33-21+,34-22+;7-6-,10-9-. The van der Waals surface area contributed by atoms with Crippen molar-refractivity contribution in [1.82, 2.24) is 0 Å². The fourth-order valence-electron chi connectivity index (χ4n) is 7.88. The van der Waals surface area contributed by atoms with E-state index >= 15 is 0 Å². The monoisotopic (exact) mass is 817 g/mol. The summed E-state index contributed by atoms with van der Waals surface area (Å²) in [6, 6.07) is 0. The van der Waals surface area contributed by atoms with Crippen LogP contribution in [0.2, 0.25) is 0 Å². The second-order valence-corrected chi connectivity index (χ2v) is 18.6. The average Bonchev–Trinajstić information content (AvgIpc) is 3.17. The number of hydrogen-bond acceptors (Lipinski definition) is 1. The molecule has 2 aliphatic carbocycles.